The minimum atomic E-state index is -0.410. The molecule has 0 aromatic heterocycles. The van der Waals surface area contributed by atoms with Crippen LogP contribution in [-0.4, -0.2) is 36.2 Å². The van der Waals surface area contributed by atoms with Crippen molar-refractivity contribution < 1.29 is 9.90 Å². The average Bonchev–Trinajstić information content (AvgIpc) is 2.32. The Morgan fingerprint density at radius 2 is 2.07 bits per heavy atom. The van der Waals surface area contributed by atoms with Crippen molar-refractivity contribution in [3.63, 3.8) is 0 Å². The van der Waals surface area contributed by atoms with Gasteiger partial charge in [0, 0.05) is 5.92 Å². The van der Waals surface area contributed by atoms with Crippen LogP contribution in [0.5, 0.6) is 0 Å². The smallest absolute Gasteiger partial charge is 0.222 e. The summed E-state index contributed by atoms with van der Waals surface area (Å²) in [5.74, 6) is 0.00867. The van der Waals surface area contributed by atoms with E-state index >= 15 is 0 Å². The van der Waals surface area contributed by atoms with Crippen LogP contribution < -0.4 is 10.6 Å². The van der Waals surface area contributed by atoms with Crippen molar-refractivity contribution >= 4 is 5.91 Å². The molecule has 0 aliphatic carbocycles. The van der Waals surface area contributed by atoms with Crippen molar-refractivity contribution in [2.75, 3.05) is 13.1 Å². The van der Waals surface area contributed by atoms with Crippen LogP contribution in [0.15, 0.2) is 0 Å². The summed E-state index contributed by atoms with van der Waals surface area (Å²) in [6, 6.07) is -0.0834. The second-order valence-electron chi connectivity index (χ2n) is 4.16. The lowest BCUT2D eigenvalue weighted by molar-refractivity contribution is -0.125. The minimum absolute atomic E-state index is 0.0154. The van der Waals surface area contributed by atoms with Gasteiger partial charge in [-0.3, -0.25) is 4.79 Å². The zero-order valence-corrected chi connectivity index (χ0v) is 8.92. The van der Waals surface area contributed by atoms with Gasteiger partial charge in [-0.2, -0.15) is 0 Å². The lowest BCUT2D eigenvalue weighted by Gasteiger charge is -2.22. The normalized spacial score (nSPS) is 28.6. The molecule has 1 amide bonds. The first-order chi connectivity index (χ1) is 6.61. The first-order valence-corrected chi connectivity index (χ1v) is 5.30. The molecular weight excluding hydrogens is 180 g/mol. The van der Waals surface area contributed by atoms with E-state index in [1.807, 2.05) is 13.8 Å². The number of amides is 1. The van der Waals surface area contributed by atoms with E-state index in [1.54, 1.807) is 0 Å². The minimum Gasteiger partial charge on any atom is -0.391 e. The Kier molecular flexibility index (Phi) is 4.35. The second-order valence-corrected chi connectivity index (χ2v) is 4.16. The van der Waals surface area contributed by atoms with Crippen LogP contribution in [0, 0.1) is 5.92 Å². The van der Waals surface area contributed by atoms with Gasteiger partial charge in [-0.1, -0.05) is 13.8 Å². The van der Waals surface area contributed by atoms with Gasteiger partial charge in [0.05, 0.1) is 12.1 Å². The molecule has 0 aromatic rings. The van der Waals surface area contributed by atoms with Gasteiger partial charge in [0.2, 0.25) is 5.91 Å². The zero-order chi connectivity index (χ0) is 10.6. The first kappa shape index (κ1) is 11.5. The van der Waals surface area contributed by atoms with Crippen LogP contribution >= 0.6 is 0 Å². The van der Waals surface area contributed by atoms with Gasteiger partial charge in [-0.25, -0.2) is 0 Å². The summed E-state index contributed by atoms with van der Waals surface area (Å²) < 4.78 is 0. The summed E-state index contributed by atoms with van der Waals surface area (Å²) in [5, 5.41) is 15.8. The number of aliphatic hydroxyl groups is 1. The molecule has 1 fully saturated rings. The highest BCUT2D eigenvalue weighted by molar-refractivity contribution is 5.78. The third-order valence-corrected chi connectivity index (χ3v) is 2.57. The van der Waals surface area contributed by atoms with E-state index in [0.29, 0.717) is 6.42 Å². The molecular formula is C10H20N2O2. The molecule has 1 aliphatic rings. The Morgan fingerprint density at radius 3 is 2.71 bits per heavy atom. The second kappa shape index (κ2) is 5.32. The molecule has 2 atom stereocenters. The third kappa shape index (κ3) is 3.27. The average molecular weight is 200 g/mol. The molecule has 4 heteroatoms. The van der Waals surface area contributed by atoms with Gasteiger partial charge in [-0.15, -0.1) is 0 Å². The lowest BCUT2D eigenvalue weighted by atomic mass is 10.1. The molecule has 0 saturated carbocycles. The quantitative estimate of drug-likeness (QED) is 0.582. The molecule has 14 heavy (non-hydrogen) atoms. The number of hydrogen-bond donors (Lipinski definition) is 3. The number of rotatable bonds is 2. The van der Waals surface area contributed by atoms with Gasteiger partial charge in [-0.05, 0) is 25.9 Å². The zero-order valence-electron chi connectivity index (χ0n) is 8.92. The van der Waals surface area contributed by atoms with Crippen molar-refractivity contribution in [3.05, 3.63) is 0 Å². The topological polar surface area (TPSA) is 61.4 Å². The van der Waals surface area contributed by atoms with Gasteiger partial charge in [0.1, 0.15) is 0 Å². The van der Waals surface area contributed by atoms with Crippen molar-refractivity contribution in [2.45, 2.75) is 38.8 Å². The Balaban J connectivity index is 2.44. The summed E-state index contributed by atoms with van der Waals surface area (Å²) in [6.45, 7) is 5.41. The molecule has 0 unspecified atom stereocenters. The van der Waals surface area contributed by atoms with E-state index in [2.05, 4.69) is 10.6 Å². The summed E-state index contributed by atoms with van der Waals surface area (Å²) in [5.41, 5.74) is 0. The number of aliphatic hydroxyl groups excluding tert-OH is 1. The van der Waals surface area contributed by atoms with E-state index in [1.165, 1.54) is 0 Å². The number of hydrogen-bond acceptors (Lipinski definition) is 3. The fourth-order valence-electron chi connectivity index (χ4n) is 1.54. The highest BCUT2D eigenvalue weighted by Crippen LogP contribution is 2.07. The fourth-order valence-corrected chi connectivity index (χ4v) is 1.54. The van der Waals surface area contributed by atoms with E-state index in [0.717, 1.165) is 19.5 Å². The van der Waals surface area contributed by atoms with Crippen LogP contribution in [0.25, 0.3) is 0 Å². The summed E-state index contributed by atoms with van der Waals surface area (Å²) >= 11 is 0. The molecule has 1 heterocycles. The summed E-state index contributed by atoms with van der Waals surface area (Å²) in [4.78, 5) is 11.4. The number of carbonyl (C=O) groups excluding carboxylic acids is 1. The molecule has 0 aromatic carbocycles. The monoisotopic (exact) mass is 200 g/mol. The molecule has 1 rings (SSSR count). The maximum absolute atomic E-state index is 11.4. The van der Waals surface area contributed by atoms with Gasteiger partial charge < -0.3 is 15.7 Å². The van der Waals surface area contributed by atoms with E-state index < -0.39 is 6.10 Å². The Labute approximate surface area is 85.1 Å². The molecule has 1 saturated heterocycles. The predicted molar refractivity (Wildman–Crippen MR) is 54.9 cm³/mol. The molecule has 0 spiro atoms. The molecule has 0 bridgehead atoms. The van der Waals surface area contributed by atoms with Crippen LogP contribution in [0.4, 0.5) is 0 Å². The van der Waals surface area contributed by atoms with E-state index in [-0.39, 0.29) is 17.9 Å². The molecule has 1 aliphatic heterocycles. The maximum atomic E-state index is 11.4. The SMILES string of the molecule is CC(C)C(=O)N[C@H]1CCNCC[C@@H]1O. The van der Waals surface area contributed by atoms with Crippen LogP contribution in [0.2, 0.25) is 0 Å². The fraction of sp³-hybridized carbons (Fsp3) is 0.900. The van der Waals surface area contributed by atoms with Crippen molar-refractivity contribution in [1.29, 1.82) is 0 Å². The van der Waals surface area contributed by atoms with Gasteiger partial charge in [0.15, 0.2) is 0 Å². The summed E-state index contributed by atoms with van der Waals surface area (Å²) in [7, 11) is 0. The van der Waals surface area contributed by atoms with E-state index in [4.69, 9.17) is 0 Å². The van der Waals surface area contributed by atoms with Crippen molar-refractivity contribution in [3.8, 4) is 0 Å². The highest BCUT2D eigenvalue weighted by Gasteiger charge is 2.23. The van der Waals surface area contributed by atoms with E-state index in [9.17, 15) is 9.90 Å². The maximum Gasteiger partial charge on any atom is 0.222 e. The number of nitrogens with one attached hydrogen (secondary N) is 2. The Bertz CT molecular complexity index is 195. The summed E-state index contributed by atoms with van der Waals surface area (Å²) in [6.07, 6.45) is 1.11. The van der Waals surface area contributed by atoms with Crippen molar-refractivity contribution in [2.24, 2.45) is 5.92 Å². The van der Waals surface area contributed by atoms with Crippen LogP contribution in [-0.2, 0) is 4.79 Å². The largest absolute Gasteiger partial charge is 0.391 e. The standard InChI is InChI=1S/C10H20N2O2/c1-7(2)10(14)12-8-3-5-11-6-4-9(8)13/h7-9,11,13H,3-6H2,1-2H3,(H,12,14)/t8-,9-/m0/s1. The molecule has 82 valence electrons. The Hall–Kier alpha value is -0.610. The number of carbonyl (C=O) groups is 1. The lowest BCUT2D eigenvalue weighted by Crippen LogP contribution is -2.44. The predicted octanol–water partition coefficient (Wildman–Crippen LogP) is -0.128. The highest BCUT2D eigenvalue weighted by atomic mass is 16.3. The van der Waals surface area contributed by atoms with Crippen LogP contribution in [0.1, 0.15) is 26.7 Å². The first-order valence-electron chi connectivity index (χ1n) is 5.30. The molecule has 3 N–H and O–H groups in total. The van der Waals surface area contributed by atoms with Crippen LogP contribution in [0.3, 0.4) is 0 Å². The molecule has 0 radical (unpaired) electrons. The van der Waals surface area contributed by atoms with Crippen molar-refractivity contribution in [1.82, 2.24) is 10.6 Å². The molecule has 4 nitrogen and oxygen atoms in total. The third-order valence-electron chi connectivity index (χ3n) is 2.57. The Morgan fingerprint density at radius 1 is 1.43 bits per heavy atom. The van der Waals surface area contributed by atoms with Gasteiger partial charge in [0.25, 0.3) is 0 Å². The van der Waals surface area contributed by atoms with Gasteiger partial charge >= 0.3 is 0 Å².